The second-order valence-corrected chi connectivity index (χ2v) is 11.6. The monoisotopic (exact) mass is 547 g/mol. The molecule has 0 spiro atoms. The summed E-state index contributed by atoms with van der Waals surface area (Å²) in [5.41, 5.74) is 6.91. The fourth-order valence-corrected chi connectivity index (χ4v) is 5.49. The van der Waals surface area contributed by atoms with E-state index in [1.165, 1.54) is 5.56 Å². The van der Waals surface area contributed by atoms with Crippen molar-refractivity contribution in [2.75, 3.05) is 19.8 Å². The predicted molar refractivity (Wildman–Crippen MR) is 160 cm³/mol. The van der Waals surface area contributed by atoms with Crippen LogP contribution in [0.5, 0.6) is 11.5 Å². The Bertz CT molecular complexity index is 1680. The molecular weight excluding hydrogens is 514 g/mol. The van der Waals surface area contributed by atoms with Crippen molar-refractivity contribution in [3.05, 3.63) is 100 Å². The van der Waals surface area contributed by atoms with Gasteiger partial charge >= 0.3 is 5.97 Å². The number of Topliss-reactive ketones (excluding diaryl/α,β-unsaturated/α-hetero) is 1. The molecule has 0 bridgehead atoms. The van der Waals surface area contributed by atoms with Gasteiger partial charge in [-0.2, -0.15) is 0 Å². The Balaban J connectivity index is 1.30. The van der Waals surface area contributed by atoms with Gasteiger partial charge in [0.25, 0.3) is 0 Å². The molecule has 0 saturated heterocycles. The Morgan fingerprint density at radius 2 is 1.68 bits per heavy atom. The Morgan fingerprint density at radius 3 is 2.46 bits per heavy atom. The summed E-state index contributed by atoms with van der Waals surface area (Å²) >= 11 is 0. The van der Waals surface area contributed by atoms with E-state index < -0.39 is 5.97 Å². The van der Waals surface area contributed by atoms with E-state index in [1.54, 1.807) is 18.2 Å². The summed E-state index contributed by atoms with van der Waals surface area (Å²) in [6.45, 7) is 7.15. The molecule has 0 N–H and O–H groups in total. The number of allylic oxidation sites excluding steroid dienone is 1. The molecule has 2 heterocycles. The quantitative estimate of drug-likeness (QED) is 0.194. The van der Waals surface area contributed by atoms with Crippen LogP contribution < -0.4 is 9.47 Å². The van der Waals surface area contributed by atoms with Crippen LogP contribution in [0.2, 0.25) is 0 Å². The Kier molecular flexibility index (Phi) is 7.08. The molecule has 4 aromatic rings. The van der Waals surface area contributed by atoms with E-state index in [1.807, 2.05) is 24.3 Å². The highest BCUT2D eigenvalue weighted by Crippen LogP contribution is 2.37. The molecule has 0 atom stereocenters. The van der Waals surface area contributed by atoms with Gasteiger partial charge < -0.3 is 14.2 Å². The van der Waals surface area contributed by atoms with Gasteiger partial charge in [-0.05, 0) is 77.3 Å². The number of carbonyl (C=O) groups excluding carboxylic acids is 2. The van der Waals surface area contributed by atoms with Crippen LogP contribution in [0, 0.1) is 0 Å². The zero-order chi connectivity index (χ0) is 28.6. The lowest BCUT2D eigenvalue weighted by atomic mass is 9.85. The van der Waals surface area contributed by atoms with Crippen molar-refractivity contribution in [2.24, 2.45) is 0 Å². The SMILES string of the molecule is CC(C)(C)c1ccc(C=C2CCCc3c2nc2ccccc2c3C(=O)OCC(=O)c2ccc3c(c2)OCCO3)cc1. The van der Waals surface area contributed by atoms with Crippen LogP contribution in [0.1, 0.15) is 76.7 Å². The number of esters is 1. The number of hydrogen-bond acceptors (Lipinski definition) is 6. The molecule has 1 aliphatic heterocycles. The first-order chi connectivity index (χ1) is 19.8. The molecular formula is C35H33NO5. The van der Waals surface area contributed by atoms with Gasteiger partial charge in [0.15, 0.2) is 23.9 Å². The number of para-hydroxylation sites is 1. The standard InChI is InChI=1S/C35H33NO5/c1-35(2,3)25-14-11-22(12-15-25)19-24-7-6-9-27-32(26-8-4-5-10-28(26)36-33(24)27)34(38)41-21-29(37)23-13-16-30-31(20-23)40-18-17-39-30/h4-5,8,10-16,19-20H,6-7,9,17-18,21H2,1-3H3. The summed E-state index contributed by atoms with van der Waals surface area (Å²) in [4.78, 5) is 31.6. The minimum absolute atomic E-state index is 0.0856. The third-order valence-electron chi connectivity index (χ3n) is 7.69. The number of rotatable bonds is 5. The summed E-state index contributed by atoms with van der Waals surface area (Å²) < 4.78 is 16.8. The fourth-order valence-electron chi connectivity index (χ4n) is 5.49. The summed E-state index contributed by atoms with van der Waals surface area (Å²) in [7, 11) is 0. The number of hydrogen-bond donors (Lipinski definition) is 0. The van der Waals surface area contributed by atoms with Crippen molar-refractivity contribution < 1.29 is 23.8 Å². The maximum absolute atomic E-state index is 13.6. The molecule has 41 heavy (non-hydrogen) atoms. The molecule has 6 rings (SSSR count). The molecule has 208 valence electrons. The number of ketones is 1. The largest absolute Gasteiger partial charge is 0.486 e. The highest BCUT2D eigenvalue weighted by molar-refractivity contribution is 6.08. The third kappa shape index (κ3) is 5.47. The number of benzene rings is 3. The number of ether oxygens (including phenoxy) is 3. The number of pyridine rings is 1. The maximum Gasteiger partial charge on any atom is 0.339 e. The minimum Gasteiger partial charge on any atom is -0.486 e. The van der Waals surface area contributed by atoms with E-state index in [2.05, 4.69) is 51.1 Å². The van der Waals surface area contributed by atoms with Crippen molar-refractivity contribution >= 4 is 34.3 Å². The molecule has 0 radical (unpaired) electrons. The van der Waals surface area contributed by atoms with Gasteiger partial charge in [-0.3, -0.25) is 4.79 Å². The summed E-state index contributed by atoms with van der Waals surface area (Å²) in [5, 5.41) is 0.735. The molecule has 0 unspecified atom stereocenters. The zero-order valence-corrected chi connectivity index (χ0v) is 23.7. The van der Waals surface area contributed by atoms with Gasteiger partial charge in [0, 0.05) is 10.9 Å². The zero-order valence-electron chi connectivity index (χ0n) is 23.7. The van der Waals surface area contributed by atoms with Crippen LogP contribution in [0.3, 0.4) is 0 Å². The topological polar surface area (TPSA) is 74.7 Å². The lowest BCUT2D eigenvalue weighted by Gasteiger charge is -2.23. The number of fused-ring (bicyclic) bond motifs is 3. The molecule has 0 amide bonds. The van der Waals surface area contributed by atoms with E-state index in [4.69, 9.17) is 19.2 Å². The first-order valence-corrected chi connectivity index (χ1v) is 14.1. The van der Waals surface area contributed by atoms with Crippen LogP contribution in [0.15, 0.2) is 66.7 Å². The average molecular weight is 548 g/mol. The predicted octanol–water partition coefficient (Wildman–Crippen LogP) is 7.22. The second kappa shape index (κ2) is 10.8. The van der Waals surface area contributed by atoms with Crippen LogP contribution in [-0.4, -0.2) is 36.6 Å². The summed E-state index contributed by atoms with van der Waals surface area (Å²) in [6, 6.07) is 21.3. The van der Waals surface area contributed by atoms with Gasteiger partial charge in [-0.15, -0.1) is 0 Å². The van der Waals surface area contributed by atoms with E-state index >= 15 is 0 Å². The molecule has 6 nitrogen and oxygen atoms in total. The van der Waals surface area contributed by atoms with Crippen LogP contribution in [0.25, 0.3) is 22.6 Å². The molecule has 6 heteroatoms. The van der Waals surface area contributed by atoms with Crippen molar-refractivity contribution in [3.63, 3.8) is 0 Å². The van der Waals surface area contributed by atoms with Crippen molar-refractivity contribution in [1.82, 2.24) is 4.98 Å². The lowest BCUT2D eigenvalue weighted by Crippen LogP contribution is -2.19. The van der Waals surface area contributed by atoms with E-state index in [-0.39, 0.29) is 17.8 Å². The van der Waals surface area contributed by atoms with Gasteiger partial charge in [-0.1, -0.05) is 63.2 Å². The van der Waals surface area contributed by atoms with Gasteiger partial charge in [-0.25, -0.2) is 9.78 Å². The van der Waals surface area contributed by atoms with Gasteiger partial charge in [0.2, 0.25) is 0 Å². The van der Waals surface area contributed by atoms with E-state index in [0.717, 1.165) is 46.1 Å². The maximum atomic E-state index is 13.6. The average Bonchev–Trinajstić information content (AvgIpc) is 2.98. The number of aromatic nitrogens is 1. The Labute approximate surface area is 240 Å². The lowest BCUT2D eigenvalue weighted by molar-refractivity contribution is 0.0475. The number of carbonyl (C=O) groups is 2. The molecule has 0 saturated carbocycles. The Hall–Kier alpha value is -4.45. The fraction of sp³-hybridized carbons (Fsp3) is 0.286. The van der Waals surface area contributed by atoms with Crippen molar-refractivity contribution in [3.8, 4) is 11.5 Å². The smallest absolute Gasteiger partial charge is 0.339 e. The molecule has 3 aromatic carbocycles. The molecule has 0 fully saturated rings. The first kappa shape index (κ1) is 26.8. The van der Waals surface area contributed by atoms with E-state index in [0.29, 0.717) is 42.3 Å². The second-order valence-electron chi connectivity index (χ2n) is 11.6. The van der Waals surface area contributed by atoms with Crippen LogP contribution in [-0.2, 0) is 16.6 Å². The van der Waals surface area contributed by atoms with Crippen molar-refractivity contribution in [2.45, 2.75) is 45.4 Å². The minimum atomic E-state index is -0.512. The van der Waals surface area contributed by atoms with Crippen molar-refractivity contribution in [1.29, 1.82) is 0 Å². The van der Waals surface area contributed by atoms with Crippen LogP contribution in [0.4, 0.5) is 0 Å². The van der Waals surface area contributed by atoms with E-state index in [9.17, 15) is 9.59 Å². The molecule has 2 aliphatic rings. The summed E-state index contributed by atoms with van der Waals surface area (Å²) in [5.74, 6) is 0.312. The van der Waals surface area contributed by atoms with Gasteiger partial charge in [0.1, 0.15) is 13.2 Å². The summed E-state index contributed by atoms with van der Waals surface area (Å²) in [6.07, 6.45) is 4.66. The number of nitrogens with zero attached hydrogens (tertiary/aromatic N) is 1. The highest BCUT2D eigenvalue weighted by Gasteiger charge is 2.27. The van der Waals surface area contributed by atoms with Crippen LogP contribution >= 0.6 is 0 Å². The van der Waals surface area contributed by atoms with Gasteiger partial charge in [0.05, 0.1) is 16.8 Å². The molecule has 1 aromatic heterocycles. The highest BCUT2D eigenvalue weighted by atomic mass is 16.6. The first-order valence-electron chi connectivity index (χ1n) is 14.1. The normalized spacial score (nSPS) is 15.4. The molecule has 1 aliphatic carbocycles. The Morgan fingerprint density at radius 1 is 0.927 bits per heavy atom. The third-order valence-corrected chi connectivity index (χ3v) is 7.69.